The number of hydrogen-bond donors (Lipinski definition) is 2. The van der Waals surface area contributed by atoms with Crippen LogP contribution in [0.5, 0.6) is 0 Å². The van der Waals surface area contributed by atoms with Gasteiger partial charge in [0.05, 0.1) is 11.1 Å². The first kappa shape index (κ1) is 10.4. The lowest BCUT2D eigenvalue weighted by atomic mass is 10.2. The van der Waals surface area contributed by atoms with Crippen molar-refractivity contribution < 1.29 is 4.68 Å². The summed E-state index contributed by atoms with van der Waals surface area (Å²) in [6, 6.07) is 7.45. The van der Waals surface area contributed by atoms with E-state index in [0.717, 1.165) is 17.0 Å². The van der Waals surface area contributed by atoms with E-state index in [2.05, 4.69) is 20.2 Å². The van der Waals surface area contributed by atoms with Crippen molar-refractivity contribution in [1.29, 1.82) is 0 Å². The summed E-state index contributed by atoms with van der Waals surface area (Å²) in [6.45, 7) is 0. The highest BCUT2D eigenvalue weighted by Gasteiger charge is 2.20. The third kappa shape index (κ3) is 1.69. The van der Waals surface area contributed by atoms with Crippen LogP contribution in [0.1, 0.15) is 0 Å². The summed E-state index contributed by atoms with van der Waals surface area (Å²) in [6.07, 6.45) is 6.83. The van der Waals surface area contributed by atoms with E-state index in [9.17, 15) is 0 Å². The van der Waals surface area contributed by atoms with Gasteiger partial charge in [-0.1, -0.05) is 0 Å². The fraction of sp³-hybridized carbons (Fsp3) is 0. The molecular formula is C12H11N6+. The quantitative estimate of drug-likeness (QED) is 0.505. The Balaban J connectivity index is 2.09. The van der Waals surface area contributed by atoms with Crippen molar-refractivity contribution >= 4 is 0 Å². The minimum atomic E-state index is 0.657. The van der Waals surface area contributed by atoms with Crippen molar-refractivity contribution in [3.63, 3.8) is 0 Å². The fourth-order valence-electron chi connectivity index (χ4n) is 1.74. The van der Waals surface area contributed by atoms with Crippen molar-refractivity contribution in [2.75, 3.05) is 5.84 Å². The Labute approximate surface area is 103 Å². The van der Waals surface area contributed by atoms with Gasteiger partial charge in [0.25, 0.3) is 5.82 Å². The molecule has 3 rings (SSSR count). The van der Waals surface area contributed by atoms with Crippen LogP contribution in [0.15, 0.2) is 49.1 Å². The molecule has 6 heteroatoms. The standard InChI is InChI=1S/C12H10N6/c13-18-11(9-1-5-14-6-2-9)16-17-12(18)10-3-7-15-8-4-10/h1-8H,13H2/p+1. The van der Waals surface area contributed by atoms with Crippen molar-refractivity contribution in [2.45, 2.75) is 0 Å². The first-order chi connectivity index (χ1) is 8.86. The number of nitrogen functional groups attached to an aromatic ring is 1. The first-order valence-corrected chi connectivity index (χ1v) is 5.42. The minimum Gasteiger partial charge on any atom is -0.288 e. The van der Waals surface area contributed by atoms with E-state index >= 15 is 0 Å². The molecule has 0 radical (unpaired) electrons. The SMILES string of the molecule is N[n+]1c(-c2ccncc2)n[nH]c1-c1ccncc1. The van der Waals surface area contributed by atoms with E-state index < -0.39 is 0 Å². The molecular weight excluding hydrogens is 228 g/mol. The van der Waals surface area contributed by atoms with Crippen LogP contribution in [0.4, 0.5) is 0 Å². The fourth-order valence-corrected chi connectivity index (χ4v) is 1.74. The van der Waals surface area contributed by atoms with Crippen LogP contribution < -0.4 is 10.5 Å². The van der Waals surface area contributed by atoms with Gasteiger partial charge in [-0.3, -0.25) is 15.8 Å². The van der Waals surface area contributed by atoms with Gasteiger partial charge in [0.1, 0.15) is 0 Å². The minimum absolute atomic E-state index is 0.657. The molecule has 0 aliphatic carbocycles. The highest BCUT2D eigenvalue weighted by atomic mass is 15.4. The number of H-pyrrole nitrogens is 1. The van der Waals surface area contributed by atoms with Gasteiger partial charge in [-0.05, 0) is 24.3 Å². The maximum Gasteiger partial charge on any atom is 0.330 e. The maximum atomic E-state index is 6.05. The third-order valence-electron chi connectivity index (χ3n) is 2.63. The van der Waals surface area contributed by atoms with Crippen molar-refractivity contribution in [2.24, 2.45) is 0 Å². The number of aromatic nitrogens is 5. The van der Waals surface area contributed by atoms with Gasteiger partial charge in [0.2, 0.25) is 0 Å². The Morgan fingerprint density at radius 2 is 1.44 bits per heavy atom. The van der Waals surface area contributed by atoms with Crippen LogP contribution in [-0.4, -0.2) is 20.2 Å². The molecule has 3 aromatic heterocycles. The molecule has 0 saturated carbocycles. The van der Waals surface area contributed by atoms with Crippen LogP contribution in [0.3, 0.4) is 0 Å². The summed E-state index contributed by atoms with van der Waals surface area (Å²) in [4.78, 5) is 7.94. The summed E-state index contributed by atoms with van der Waals surface area (Å²) in [5, 5.41) is 7.16. The molecule has 18 heavy (non-hydrogen) atoms. The van der Waals surface area contributed by atoms with E-state index in [0.29, 0.717) is 5.82 Å². The summed E-state index contributed by atoms with van der Waals surface area (Å²) in [5.74, 6) is 7.43. The Bertz CT molecular complexity index is 590. The molecule has 0 aromatic carbocycles. The average molecular weight is 239 g/mol. The Kier molecular flexibility index (Phi) is 2.45. The van der Waals surface area contributed by atoms with E-state index in [1.807, 2.05) is 24.3 Å². The number of aromatic amines is 1. The molecule has 0 aliphatic heterocycles. The first-order valence-electron chi connectivity index (χ1n) is 5.42. The summed E-state index contributed by atoms with van der Waals surface area (Å²) in [7, 11) is 0. The molecule has 0 atom stereocenters. The third-order valence-corrected chi connectivity index (χ3v) is 2.63. The van der Waals surface area contributed by atoms with Gasteiger partial charge in [-0.15, -0.1) is 9.77 Å². The number of nitrogens with two attached hydrogens (primary N) is 1. The Hall–Kier alpha value is -2.76. The van der Waals surface area contributed by atoms with Gasteiger partial charge < -0.3 is 0 Å². The largest absolute Gasteiger partial charge is 0.330 e. The van der Waals surface area contributed by atoms with E-state index in [-0.39, 0.29) is 0 Å². The average Bonchev–Trinajstić information content (AvgIpc) is 2.83. The molecule has 0 spiro atoms. The van der Waals surface area contributed by atoms with Crippen LogP contribution in [-0.2, 0) is 0 Å². The topological polar surface area (TPSA) is 84.4 Å². The lowest BCUT2D eigenvalue weighted by molar-refractivity contribution is -0.616. The number of pyridine rings is 2. The molecule has 3 aromatic rings. The highest BCUT2D eigenvalue weighted by molar-refractivity contribution is 5.55. The zero-order chi connectivity index (χ0) is 12.4. The lowest BCUT2D eigenvalue weighted by Gasteiger charge is -1.96. The molecule has 0 amide bonds. The maximum absolute atomic E-state index is 6.05. The van der Waals surface area contributed by atoms with Crippen LogP contribution >= 0.6 is 0 Å². The van der Waals surface area contributed by atoms with Crippen molar-refractivity contribution in [3.8, 4) is 22.8 Å². The van der Waals surface area contributed by atoms with Crippen molar-refractivity contribution in [1.82, 2.24) is 20.2 Å². The second kappa shape index (κ2) is 4.25. The molecule has 0 aliphatic rings. The molecule has 0 bridgehead atoms. The van der Waals surface area contributed by atoms with Gasteiger partial charge in [0, 0.05) is 29.9 Å². The molecule has 0 saturated heterocycles. The second-order valence-corrected chi connectivity index (χ2v) is 3.74. The van der Waals surface area contributed by atoms with E-state index in [1.165, 1.54) is 4.68 Å². The Morgan fingerprint density at radius 3 is 2.06 bits per heavy atom. The van der Waals surface area contributed by atoms with Gasteiger partial charge in [-0.25, -0.2) is 0 Å². The van der Waals surface area contributed by atoms with Gasteiger partial charge >= 0.3 is 5.82 Å². The van der Waals surface area contributed by atoms with E-state index in [4.69, 9.17) is 5.84 Å². The van der Waals surface area contributed by atoms with Gasteiger partial charge in [-0.2, -0.15) is 0 Å². The number of nitrogens with zero attached hydrogens (tertiary/aromatic N) is 4. The second-order valence-electron chi connectivity index (χ2n) is 3.74. The van der Waals surface area contributed by atoms with Crippen LogP contribution in [0, 0.1) is 0 Å². The zero-order valence-electron chi connectivity index (χ0n) is 9.49. The number of nitrogens with one attached hydrogen (secondary N) is 1. The van der Waals surface area contributed by atoms with Gasteiger partial charge in [0.15, 0.2) is 0 Å². The normalized spacial score (nSPS) is 10.4. The summed E-state index contributed by atoms with van der Waals surface area (Å²) >= 11 is 0. The van der Waals surface area contributed by atoms with E-state index in [1.54, 1.807) is 24.8 Å². The predicted octanol–water partition coefficient (Wildman–Crippen LogP) is 0.535. The molecule has 0 unspecified atom stereocenters. The van der Waals surface area contributed by atoms with Crippen LogP contribution in [0.25, 0.3) is 22.8 Å². The molecule has 88 valence electrons. The zero-order valence-corrected chi connectivity index (χ0v) is 9.49. The number of hydrogen-bond acceptors (Lipinski definition) is 4. The molecule has 6 nitrogen and oxygen atoms in total. The predicted molar refractivity (Wildman–Crippen MR) is 65.4 cm³/mol. The molecule has 3 heterocycles. The van der Waals surface area contributed by atoms with Crippen LogP contribution in [0.2, 0.25) is 0 Å². The summed E-state index contributed by atoms with van der Waals surface area (Å²) in [5.41, 5.74) is 1.84. The molecule has 3 N–H and O–H groups in total. The van der Waals surface area contributed by atoms with Crippen molar-refractivity contribution in [3.05, 3.63) is 49.1 Å². The smallest absolute Gasteiger partial charge is 0.288 e. The lowest BCUT2D eigenvalue weighted by Crippen LogP contribution is -2.46. The molecule has 0 fully saturated rings. The number of rotatable bonds is 2. The monoisotopic (exact) mass is 239 g/mol. The highest BCUT2D eigenvalue weighted by Crippen LogP contribution is 2.15. The summed E-state index contributed by atoms with van der Waals surface area (Å²) < 4.78 is 1.52. The Morgan fingerprint density at radius 1 is 0.889 bits per heavy atom.